The number of benzene rings is 1. The van der Waals surface area contributed by atoms with E-state index in [-0.39, 0.29) is 5.82 Å². The third-order valence-corrected chi connectivity index (χ3v) is 2.56. The highest BCUT2D eigenvalue weighted by Crippen LogP contribution is 2.23. The molecule has 0 aliphatic carbocycles. The van der Waals surface area contributed by atoms with Gasteiger partial charge in [0.15, 0.2) is 0 Å². The van der Waals surface area contributed by atoms with Crippen molar-refractivity contribution in [2.24, 2.45) is 5.92 Å². The van der Waals surface area contributed by atoms with Crippen LogP contribution in [0.2, 0.25) is 0 Å². The summed E-state index contributed by atoms with van der Waals surface area (Å²) in [5.41, 5.74) is 0.945. The molecule has 17 heavy (non-hydrogen) atoms. The molecule has 0 radical (unpaired) electrons. The van der Waals surface area contributed by atoms with Crippen molar-refractivity contribution in [1.82, 2.24) is 0 Å². The van der Waals surface area contributed by atoms with Gasteiger partial charge in [-0.25, -0.2) is 4.39 Å². The Morgan fingerprint density at radius 2 is 2.12 bits per heavy atom. The van der Waals surface area contributed by atoms with Crippen LogP contribution in [0.1, 0.15) is 32.8 Å². The minimum Gasteiger partial charge on any atom is -0.494 e. The summed E-state index contributed by atoms with van der Waals surface area (Å²) in [5, 5.41) is 0. The first kappa shape index (κ1) is 13.8. The van der Waals surface area contributed by atoms with Crippen molar-refractivity contribution in [3.8, 4) is 5.75 Å². The Bertz CT molecular complexity index is 371. The highest BCUT2D eigenvalue weighted by molar-refractivity contribution is 5.34. The van der Waals surface area contributed by atoms with E-state index in [0.717, 1.165) is 24.2 Å². The van der Waals surface area contributed by atoms with Gasteiger partial charge in [-0.3, -0.25) is 0 Å². The van der Waals surface area contributed by atoms with Gasteiger partial charge in [-0.1, -0.05) is 26.0 Å². The van der Waals surface area contributed by atoms with Crippen LogP contribution in [0.25, 0.3) is 0 Å². The quantitative estimate of drug-likeness (QED) is 0.666. The lowest BCUT2D eigenvalue weighted by Gasteiger charge is -2.12. The van der Waals surface area contributed by atoms with Gasteiger partial charge in [0.25, 0.3) is 0 Å². The maximum Gasteiger partial charge on any atom is 0.123 e. The SMILES string of the molecule is CC/C=C\C(C)Cc1cc(F)ccc1OCC. The molecule has 1 rings (SSSR count). The molecule has 1 atom stereocenters. The molecule has 0 bridgehead atoms. The van der Waals surface area contributed by atoms with Gasteiger partial charge in [0, 0.05) is 0 Å². The molecule has 0 heterocycles. The molecule has 0 saturated heterocycles. The Labute approximate surface area is 103 Å². The van der Waals surface area contributed by atoms with Gasteiger partial charge in [0.1, 0.15) is 11.6 Å². The summed E-state index contributed by atoms with van der Waals surface area (Å²) in [4.78, 5) is 0. The van der Waals surface area contributed by atoms with Crippen LogP contribution in [0.15, 0.2) is 30.4 Å². The summed E-state index contributed by atoms with van der Waals surface area (Å²) in [6, 6.07) is 4.73. The van der Waals surface area contributed by atoms with Gasteiger partial charge in [0.05, 0.1) is 6.61 Å². The van der Waals surface area contributed by atoms with Crippen LogP contribution in [0.3, 0.4) is 0 Å². The highest BCUT2D eigenvalue weighted by atomic mass is 19.1. The Balaban J connectivity index is 2.80. The van der Waals surface area contributed by atoms with Crippen LogP contribution in [0.4, 0.5) is 4.39 Å². The minimum absolute atomic E-state index is 0.199. The topological polar surface area (TPSA) is 9.23 Å². The van der Waals surface area contributed by atoms with E-state index in [0.29, 0.717) is 12.5 Å². The van der Waals surface area contributed by atoms with E-state index >= 15 is 0 Å². The molecule has 94 valence electrons. The fourth-order valence-corrected chi connectivity index (χ4v) is 1.79. The molecule has 1 nitrogen and oxygen atoms in total. The van der Waals surface area contributed by atoms with Crippen molar-refractivity contribution < 1.29 is 9.13 Å². The van der Waals surface area contributed by atoms with Crippen LogP contribution in [0, 0.1) is 11.7 Å². The van der Waals surface area contributed by atoms with E-state index in [1.54, 1.807) is 12.1 Å². The fourth-order valence-electron chi connectivity index (χ4n) is 1.79. The summed E-state index contributed by atoms with van der Waals surface area (Å²) < 4.78 is 18.7. The van der Waals surface area contributed by atoms with E-state index < -0.39 is 0 Å². The molecule has 1 aromatic rings. The third-order valence-electron chi connectivity index (χ3n) is 2.56. The van der Waals surface area contributed by atoms with Gasteiger partial charge < -0.3 is 4.74 Å². The van der Waals surface area contributed by atoms with Gasteiger partial charge in [-0.05, 0) is 49.4 Å². The lowest BCUT2D eigenvalue weighted by atomic mass is 9.99. The summed E-state index contributed by atoms with van der Waals surface area (Å²) in [7, 11) is 0. The summed E-state index contributed by atoms with van der Waals surface area (Å²) in [6.45, 7) is 6.79. The second-order valence-corrected chi connectivity index (χ2v) is 4.20. The first-order valence-electron chi connectivity index (χ1n) is 6.25. The molecule has 0 aliphatic rings. The zero-order valence-corrected chi connectivity index (χ0v) is 10.9. The summed E-state index contributed by atoms with van der Waals surface area (Å²) >= 11 is 0. The zero-order chi connectivity index (χ0) is 12.7. The Hall–Kier alpha value is -1.31. The van der Waals surface area contributed by atoms with Crippen LogP contribution in [-0.2, 0) is 6.42 Å². The van der Waals surface area contributed by atoms with Crippen LogP contribution in [0.5, 0.6) is 5.75 Å². The molecular weight excluding hydrogens is 215 g/mol. The van der Waals surface area contributed by atoms with Crippen LogP contribution in [-0.4, -0.2) is 6.61 Å². The van der Waals surface area contributed by atoms with Crippen LogP contribution >= 0.6 is 0 Å². The van der Waals surface area contributed by atoms with Crippen molar-refractivity contribution in [2.75, 3.05) is 6.61 Å². The number of hydrogen-bond acceptors (Lipinski definition) is 1. The standard InChI is InChI=1S/C15H21FO/c1-4-6-7-12(3)10-13-11-14(16)8-9-15(13)17-5-2/h6-9,11-12H,4-5,10H2,1-3H3/b7-6-. The monoisotopic (exact) mass is 236 g/mol. The molecule has 0 N–H and O–H groups in total. The molecule has 0 aromatic heterocycles. The van der Waals surface area contributed by atoms with E-state index in [1.165, 1.54) is 6.07 Å². The molecule has 1 aromatic carbocycles. The highest BCUT2D eigenvalue weighted by Gasteiger charge is 2.08. The summed E-state index contributed by atoms with van der Waals surface area (Å²) in [5.74, 6) is 0.997. The predicted octanol–water partition coefficient (Wildman–Crippen LogP) is 4.37. The van der Waals surface area contributed by atoms with Crippen molar-refractivity contribution >= 4 is 0 Å². The summed E-state index contributed by atoms with van der Waals surface area (Å²) in [6.07, 6.45) is 6.15. The normalized spacial score (nSPS) is 12.9. The lowest BCUT2D eigenvalue weighted by Crippen LogP contribution is -2.02. The fraction of sp³-hybridized carbons (Fsp3) is 0.467. The van der Waals surface area contributed by atoms with Crippen molar-refractivity contribution in [3.63, 3.8) is 0 Å². The van der Waals surface area contributed by atoms with Crippen molar-refractivity contribution in [3.05, 3.63) is 41.7 Å². The van der Waals surface area contributed by atoms with E-state index in [4.69, 9.17) is 4.74 Å². The average molecular weight is 236 g/mol. The van der Waals surface area contributed by atoms with Gasteiger partial charge >= 0.3 is 0 Å². The Kier molecular flexibility index (Phi) is 5.75. The second kappa shape index (κ2) is 7.10. The minimum atomic E-state index is -0.199. The first-order valence-corrected chi connectivity index (χ1v) is 6.25. The zero-order valence-electron chi connectivity index (χ0n) is 10.9. The Morgan fingerprint density at radius 3 is 2.76 bits per heavy atom. The van der Waals surface area contributed by atoms with Crippen molar-refractivity contribution in [1.29, 1.82) is 0 Å². The van der Waals surface area contributed by atoms with Gasteiger partial charge in [0.2, 0.25) is 0 Å². The molecule has 1 unspecified atom stereocenters. The van der Waals surface area contributed by atoms with Crippen molar-refractivity contribution in [2.45, 2.75) is 33.6 Å². The number of hydrogen-bond donors (Lipinski definition) is 0. The number of halogens is 1. The molecule has 2 heteroatoms. The van der Waals surface area contributed by atoms with Gasteiger partial charge in [-0.2, -0.15) is 0 Å². The smallest absolute Gasteiger partial charge is 0.123 e. The molecule has 0 aliphatic heterocycles. The largest absolute Gasteiger partial charge is 0.494 e. The van der Waals surface area contributed by atoms with Gasteiger partial charge in [-0.15, -0.1) is 0 Å². The number of rotatable bonds is 6. The molecule has 0 fully saturated rings. The molecular formula is C15H21FO. The number of allylic oxidation sites excluding steroid dienone is 2. The van der Waals surface area contributed by atoms with E-state index in [9.17, 15) is 4.39 Å². The predicted molar refractivity (Wildman–Crippen MR) is 69.9 cm³/mol. The third kappa shape index (κ3) is 4.59. The Morgan fingerprint density at radius 1 is 1.35 bits per heavy atom. The van der Waals surface area contributed by atoms with E-state index in [2.05, 4.69) is 26.0 Å². The van der Waals surface area contributed by atoms with E-state index in [1.807, 2.05) is 6.92 Å². The second-order valence-electron chi connectivity index (χ2n) is 4.20. The number of ether oxygens (including phenoxy) is 1. The first-order chi connectivity index (χ1) is 8.17. The maximum absolute atomic E-state index is 13.2. The molecule has 0 amide bonds. The molecule has 0 spiro atoms. The lowest BCUT2D eigenvalue weighted by molar-refractivity contribution is 0.334. The average Bonchev–Trinajstić information content (AvgIpc) is 2.30. The molecule has 0 saturated carbocycles. The van der Waals surface area contributed by atoms with Crippen LogP contribution < -0.4 is 4.74 Å². The maximum atomic E-state index is 13.2.